The van der Waals surface area contributed by atoms with Gasteiger partial charge in [-0.25, -0.2) is 0 Å². The van der Waals surface area contributed by atoms with Crippen molar-refractivity contribution in [2.45, 2.75) is 130 Å². The number of benzene rings is 4. The summed E-state index contributed by atoms with van der Waals surface area (Å²) in [5, 5.41) is 0. The van der Waals surface area contributed by atoms with E-state index in [0.29, 0.717) is 78.5 Å². The molecule has 8 bridgehead atoms. The van der Waals surface area contributed by atoms with E-state index in [1.54, 1.807) is 0 Å². The largest absolute Gasteiger partial charge is 0.486 e. The predicted molar refractivity (Wildman–Crippen MR) is 354 cm³/mol. The summed E-state index contributed by atoms with van der Waals surface area (Å²) in [6, 6.07) is 18.9. The van der Waals surface area contributed by atoms with Crippen molar-refractivity contribution in [1.29, 1.82) is 0 Å². The summed E-state index contributed by atoms with van der Waals surface area (Å²) in [7, 11) is 0. The van der Waals surface area contributed by atoms with Gasteiger partial charge in [-0.3, -0.25) is 0 Å². The highest BCUT2D eigenvalue weighted by molar-refractivity contribution is 7.81. The van der Waals surface area contributed by atoms with Gasteiger partial charge >= 0.3 is 0 Å². The molecule has 4 heterocycles. The molecule has 0 radical (unpaired) electrons. The van der Waals surface area contributed by atoms with Crippen molar-refractivity contribution in [1.82, 2.24) is 19.6 Å². The lowest BCUT2D eigenvalue weighted by molar-refractivity contribution is 0.0671. The van der Waals surface area contributed by atoms with Gasteiger partial charge in [-0.1, -0.05) is 180 Å². The smallest absolute Gasteiger partial charge is 0.138 e. The molecule has 4 fully saturated rings. The number of ether oxygens (including phenoxy) is 8. The second-order valence-electron chi connectivity index (χ2n) is 27.3. The zero-order chi connectivity index (χ0) is 60.1. The molecule has 0 amide bonds. The first kappa shape index (κ1) is 64.0. The third kappa shape index (κ3) is 16.2. The maximum atomic E-state index is 7.33. The van der Waals surface area contributed by atoms with Gasteiger partial charge in [0.15, 0.2) is 0 Å². The van der Waals surface area contributed by atoms with Gasteiger partial charge in [0.2, 0.25) is 0 Å². The van der Waals surface area contributed by atoms with Crippen LogP contribution < -0.4 is 18.9 Å². The highest BCUT2D eigenvalue weighted by atomic mass is 32.1. The number of hydrogen-bond acceptors (Lipinski definition) is 12. The van der Waals surface area contributed by atoms with E-state index in [0.717, 1.165) is 140 Å². The molecule has 5 aliphatic rings. The third-order valence-electron chi connectivity index (χ3n) is 16.8. The summed E-state index contributed by atoms with van der Waals surface area (Å²) >= 11 is 24.9. The monoisotopic (exact) mass is 1220 g/mol. The highest BCUT2D eigenvalue weighted by Gasteiger charge is 2.31. The minimum atomic E-state index is -0.232. The van der Waals surface area contributed by atoms with Crippen LogP contribution in [0.15, 0.2) is 48.5 Å². The molecule has 84 heavy (non-hydrogen) atoms. The van der Waals surface area contributed by atoms with Gasteiger partial charge in [0, 0.05) is 78.0 Å². The summed E-state index contributed by atoms with van der Waals surface area (Å²) < 4.78 is 52.4. The summed E-state index contributed by atoms with van der Waals surface area (Å²) in [6.45, 7) is 39.3. The van der Waals surface area contributed by atoms with Crippen LogP contribution in [0.2, 0.25) is 0 Å². The normalized spacial score (nSPS) is 17.4. The summed E-state index contributed by atoms with van der Waals surface area (Å²) in [4.78, 5) is 11.9. The van der Waals surface area contributed by atoms with Crippen molar-refractivity contribution in [3.8, 4) is 23.0 Å². The molecule has 4 aromatic carbocycles. The first-order valence-electron chi connectivity index (χ1n) is 30.4. The minimum absolute atomic E-state index is 0.232. The molecule has 12 nitrogen and oxygen atoms in total. The minimum Gasteiger partial charge on any atom is -0.486 e. The lowest BCUT2D eigenvalue weighted by Crippen LogP contribution is -2.42. The zero-order valence-electron chi connectivity index (χ0n) is 52.3. The SMILES string of the molecule is CC(C)(C)c1cc2c(OCC(=S)N3CCOCC3)c(c1)Cc1cc(C(C)(C)C)cc(c1OCC(=S)N1CCOCC1)Cc1cc(C(C)(C)C)cc(c1OCC(=S)N1CCOCC1)Cc1cc(C(C)(C)C)cc(c1OCC(=S)N1CCOCC1)C2. The van der Waals surface area contributed by atoms with Gasteiger partial charge in [-0.15, -0.1) is 0 Å². The molecule has 0 saturated carbocycles. The fourth-order valence-electron chi connectivity index (χ4n) is 11.5. The van der Waals surface area contributed by atoms with Crippen LogP contribution in [-0.4, -0.2) is 171 Å². The number of morpholine rings is 4. The van der Waals surface area contributed by atoms with Crippen LogP contribution in [0.3, 0.4) is 0 Å². The Balaban J connectivity index is 1.33. The van der Waals surface area contributed by atoms with Crippen molar-refractivity contribution in [3.05, 3.63) is 115 Å². The lowest BCUT2D eigenvalue weighted by atomic mass is 9.79. The van der Waals surface area contributed by atoms with Crippen molar-refractivity contribution in [2.75, 3.05) is 132 Å². The molecule has 4 aromatic rings. The van der Waals surface area contributed by atoms with Gasteiger partial charge in [-0.05, 0) is 88.4 Å². The van der Waals surface area contributed by atoms with Gasteiger partial charge in [-0.2, -0.15) is 0 Å². The van der Waals surface area contributed by atoms with E-state index in [-0.39, 0.29) is 48.1 Å². The van der Waals surface area contributed by atoms with Crippen LogP contribution in [-0.2, 0) is 66.3 Å². The highest BCUT2D eigenvalue weighted by Crippen LogP contribution is 2.45. The third-order valence-corrected chi connectivity index (χ3v) is 18.3. The molecule has 1 aliphatic carbocycles. The Morgan fingerprint density at radius 2 is 0.464 bits per heavy atom. The van der Waals surface area contributed by atoms with Crippen LogP contribution in [0.4, 0.5) is 0 Å². The first-order valence-corrected chi connectivity index (χ1v) is 32.0. The molecular weight excluding hydrogens is 1130 g/mol. The predicted octanol–water partition coefficient (Wildman–Crippen LogP) is 11.7. The molecule has 0 unspecified atom stereocenters. The molecular formula is C68H92N4O8S4. The van der Waals surface area contributed by atoms with E-state index in [9.17, 15) is 0 Å². The second kappa shape index (κ2) is 27.3. The molecule has 0 atom stereocenters. The molecule has 4 aliphatic heterocycles. The van der Waals surface area contributed by atoms with E-state index in [1.165, 1.54) is 22.3 Å². The van der Waals surface area contributed by atoms with E-state index in [1.807, 2.05) is 0 Å². The summed E-state index contributed by atoms with van der Waals surface area (Å²) in [5.74, 6) is 3.25. The van der Waals surface area contributed by atoms with Crippen LogP contribution in [0.5, 0.6) is 23.0 Å². The zero-order valence-corrected chi connectivity index (χ0v) is 55.5. The van der Waals surface area contributed by atoms with Gasteiger partial charge < -0.3 is 57.5 Å². The molecule has 456 valence electrons. The Hall–Kier alpha value is -4.52. The topological polar surface area (TPSA) is 86.8 Å². The van der Waals surface area contributed by atoms with Crippen LogP contribution in [0.25, 0.3) is 0 Å². The number of rotatable bonds is 12. The maximum Gasteiger partial charge on any atom is 0.138 e. The van der Waals surface area contributed by atoms with Crippen LogP contribution >= 0.6 is 48.9 Å². The van der Waals surface area contributed by atoms with E-state index >= 15 is 0 Å². The maximum absolute atomic E-state index is 7.33. The van der Waals surface area contributed by atoms with E-state index < -0.39 is 0 Å². The van der Waals surface area contributed by atoms with Gasteiger partial charge in [0.25, 0.3) is 0 Å². The van der Waals surface area contributed by atoms with Crippen molar-refractivity contribution in [3.63, 3.8) is 0 Å². The Kier molecular flexibility index (Phi) is 20.8. The number of hydrogen-bond donors (Lipinski definition) is 0. The fraction of sp³-hybridized carbons (Fsp3) is 0.588. The second-order valence-corrected chi connectivity index (χ2v) is 29.2. The lowest BCUT2D eigenvalue weighted by Gasteiger charge is -2.32. The fourth-order valence-corrected chi connectivity index (χ4v) is 12.5. The molecule has 4 saturated heterocycles. The Morgan fingerprint density at radius 3 is 0.607 bits per heavy atom. The molecule has 0 N–H and O–H groups in total. The first-order chi connectivity index (χ1) is 39.8. The standard InChI is InChI=1S/C68H92N4O8S4/c1-65(2,3)53-33-45-29-47-35-54(66(4,5)6)37-49(62(47)78-42-58(82)70-15-23-74-24-16-70)31-51-39-56(68(10,11)12)40-52(64(51)80-44-60(84)72-19-27-76-28-20-72)32-50-38-55(67(7,8)9)36-48(63(50)79-43-59(83)71-17-25-75-26-18-71)30-46(34-53)61(45)77-41-57(81)69-13-21-73-22-14-69/h33-40H,13-32,41-44H2,1-12H3. The molecule has 0 aromatic heterocycles. The molecule has 16 heteroatoms. The van der Waals surface area contributed by atoms with E-state index in [2.05, 4.69) is 151 Å². The Bertz CT molecular complexity index is 2540. The van der Waals surface area contributed by atoms with Crippen molar-refractivity contribution in [2.24, 2.45) is 0 Å². The van der Waals surface area contributed by atoms with Crippen LogP contribution in [0, 0.1) is 0 Å². The summed E-state index contributed by atoms with van der Waals surface area (Å²) in [5.41, 5.74) is 12.3. The Labute approximate surface area is 523 Å². The summed E-state index contributed by atoms with van der Waals surface area (Å²) in [6.07, 6.45) is 2.01. The van der Waals surface area contributed by atoms with Crippen LogP contribution in [0.1, 0.15) is 150 Å². The van der Waals surface area contributed by atoms with E-state index in [4.69, 9.17) is 86.8 Å². The van der Waals surface area contributed by atoms with Gasteiger partial charge in [0.05, 0.1) is 52.9 Å². The number of nitrogens with zero attached hydrogens (tertiary/aromatic N) is 4. The number of thiocarbonyl (C=S) groups is 4. The average molecular weight is 1220 g/mol. The van der Waals surface area contributed by atoms with Crippen molar-refractivity contribution >= 4 is 68.8 Å². The molecule has 9 rings (SSSR count). The Morgan fingerprint density at radius 1 is 0.310 bits per heavy atom. The number of fused-ring (bicyclic) bond motifs is 8. The molecule has 0 spiro atoms. The average Bonchev–Trinajstić information content (AvgIpc) is 1.39. The quantitative estimate of drug-likeness (QED) is 0.111. The van der Waals surface area contributed by atoms with Gasteiger partial charge in [0.1, 0.15) is 69.4 Å². The van der Waals surface area contributed by atoms with Crippen molar-refractivity contribution < 1.29 is 37.9 Å².